The summed E-state index contributed by atoms with van der Waals surface area (Å²) < 4.78 is 5.41. The number of carboxylic acid groups (broad SMARTS) is 1. The number of hydrogen-bond acceptors (Lipinski definition) is 3. The van der Waals surface area contributed by atoms with Crippen molar-refractivity contribution in [3.05, 3.63) is 0 Å². The first-order valence-electron chi connectivity index (χ1n) is 7.67. The number of likely N-dealkylation sites (N-methyl/N-ethyl adjacent to an activating group) is 1. The number of carboxylic acids is 1. The molecular formula is C16H29NO4. The van der Waals surface area contributed by atoms with Gasteiger partial charge < -0.3 is 9.84 Å². The molecule has 0 aliphatic heterocycles. The standard InChI is InChI=1S/C16H29NO4/c1-7-17(13(20)21-14(2,3)4)16(12(18)19)10-8-9-15(5,6)11-16/h7-11H2,1-6H3,(H,18,19). The smallest absolute Gasteiger partial charge is 0.411 e. The third-order valence-electron chi connectivity index (χ3n) is 4.06. The molecule has 0 saturated heterocycles. The molecule has 0 aromatic rings. The monoisotopic (exact) mass is 299 g/mol. The molecule has 1 N–H and O–H groups in total. The maximum atomic E-state index is 12.5. The van der Waals surface area contributed by atoms with Gasteiger partial charge in [-0.15, -0.1) is 0 Å². The molecule has 1 saturated carbocycles. The van der Waals surface area contributed by atoms with Crippen LogP contribution in [0.1, 0.15) is 67.2 Å². The summed E-state index contributed by atoms with van der Waals surface area (Å²) in [7, 11) is 0. The number of aliphatic carboxylic acids is 1. The molecule has 0 radical (unpaired) electrons. The van der Waals surface area contributed by atoms with E-state index in [9.17, 15) is 14.7 Å². The molecule has 1 rings (SSSR count). The van der Waals surface area contributed by atoms with Crippen molar-refractivity contribution in [2.45, 2.75) is 78.4 Å². The van der Waals surface area contributed by atoms with Gasteiger partial charge in [0.15, 0.2) is 0 Å². The van der Waals surface area contributed by atoms with Gasteiger partial charge in [0.1, 0.15) is 11.1 Å². The fourth-order valence-electron chi connectivity index (χ4n) is 3.28. The van der Waals surface area contributed by atoms with Crippen LogP contribution in [-0.2, 0) is 9.53 Å². The largest absolute Gasteiger partial charge is 0.479 e. The van der Waals surface area contributed by atoms with E-state index < -0.39 is 23.2 Å². The van der Waals surface area contributed by atoms with Crippen LogP contribution in [0.5, 0.6) is 0 Å². The zero-order valence-electron chi connectivity index (χ0n) is 14.2. The highest BCUT2D eigenvalue weighted by atomic mass is 16.6. The van der Waals surface area contributed by atoms with Crippen molar-refractivity contribution in [3.63, 3.8) is 0 Å². The van der Waals surface area contributed by atoms with Crippen molar-refractivity contribution in [1.29, 1.82) is 0 Å². The Morgan fingerprint density at radius 1 is 1.24 bits per heavy atom. The van der Waals surface area contributed by atoms with E-state index in [1.54, 1.807) is 27.7 Å². The third-order valence-corrected chi connectivity index (χ3v) is 4.06. The first-order chi connectivity index (χ1) is 9.43. The highest BCUT2D eigenvalue weighted by molar-refractivity contribution is 5.84. The molecule has 122 valence electrons. The second-order valence-electron chi connectivity index (χ2n) is 7.76. The molecule has 0 aromatic carbocycles. The summed E-state index contributed by atoms with van der Waals surface area (Å²) in [6.07, 6.45) is 2.19. The lowest BCUT2D eigenvalue weighted by molar-refractivity contribution is -0.156. The molecule has 0 spiro atoms. The van der Waals surface area contributed by atoms with Crippen molar-refractivity contribution in [2.75, 3.05) is 6.54 Å². The zero-order valence-corrected chi connectivity index (χ0v) is 14.2. The van der Waals surface area contributed by atoms with Gasteiger partial charge in [0.25, 0.3) is 0 Å². The number of carbonyl (C=O) groups excluding carboxylic acids is 1. The molecule has 21 heavy (non-hydrogen) atoms. The van der Waals surface area contributed by atoms with Gasteiger partial charge >= 0.3 is 12.1 Å². The minimum absolute atomic E-state index is 0.0912. The molecule has 1 fully saturated rings. The quantitative estimate of drug-likeness (QED) is 0.863. The van der Waals surface area contributed by atoms with Crippen LogP contribution in [0.25, 0.3) is 0 Å². The highest BCUT2D eigenvalue weighted by Crippen LogP contribution is 2.44. The lowest BCUT2D eigenvalue weighted by Gasteiger charge is -2.48. The fourth-order valence-corrected chi connectivity index (χ4v) is 3.28. The summed E-state index contributed by atoms with van der Waals surface area (Å²) in [6, 6.07) is 0. The SMILES string of the molecule is CCN(C(=O)OC(C)(C)C)C1(C(=O)O)CCCC(C)(C)C1. The summed E-state index contributed by atoms with van der Waals surface area (Å²) in [5, 5.41) is 9.82. The molecule has 1 unspecified atom stereocenters. The van der Waals surface area contributed by atoms with Gasteiger partial charge in [0.2, 0.25) is 0 Å². The van der Waals surface area contributed by atoms with Crippen molar-refractivity contribution in [2.24, 2.45) is 5.41 Å². The number of amides is 1. The van der Waals surface area contributed by atoms with Crippen LogP contribution in [0.15, 0.2) is 0 Å². The van der Waals surface area contributed by atoms with Crippen LogP contribution in [0.3, 0.4) is 0 Å². The Labute approximate surface area is 127 Å². The molecule has 0 bridgehead atoms. The van der Waals surface area contributed by atoms with E-state index in [0.29, 0.717) is 19.4 Å². The van der Waals surface area contributed by atoms with E-state index in [0.717, 1.165) is 12.8 Å². The molecule has 1 aliphatic carbocycles. The molecule has 5 nitrogen and oxygen atoms in total. The van der Waals surface area contributed by atoms with Crippen LogP contribution in [0, 0.1) is 5.41 Å². The summed E-state index contributed by atoms with van der Waals surface area (Å²) in [6.45, 7) is 11.6. The molecule has 1 amide bonds. The van der Waals surface area contributed by atoms with Crippen LogP contribution in [-0.4, -0.2) is 39.8 Å². The van der Waals surface area contributed by atoms with Crippen LogP contribution in [0.4, 0.5) is 4.79 Å². The molecule has 1 atom stereocenters. The minimum atomic E-state index is -1.15. The summed E-state index contributed by atoms with van der Waals surface area (Å²) in [5.74, 6) is -0.928. The average molecular weight is 299 g/mol. The first kappa shape index (κ1) is 17.8. The van der Waals surface area contributed by atoms with Gasteiger partial charge in [-0.1, -0.05) is 13.8 Å². The zero-order chi connectivity index (χ0) is 16.5. The maximum Gasteiger partial charge on any atom is 0.411 e. The first-order valence-corrected chi connectivity index (χ1v) is 7.67. The van der Waals surface area contributed by atoms with Gasteiger partial charge in [-0.05, 0) is 58.8 Å². The molecule has 5 heteroatoms. The lowest BCUT2D eigenvalue weighted by Crippen LogP contribution is -2.61. The Morgan fingerprint density at radius 3 is 2.19 bits per heavy atom. The average Bonchev–Trinajstić information content (AvgIpc) is 2.25. The van der Waals surface area contributed by atoms with Gasteiger partial charge in [0.05, 0.1) is 0 Å². The Balaban J connectivity index is 3.12. The van der Waals surface area contributed by atoms with Crippen LogP contribution >= 0.6 is 0 Å². The Bertz CT molecular complexity index is 411. The van der Waals surface area contributed by atoms with Gasteiger partial charge in [-0.3, -0.25) is 4.90 Å². The van der Waals surface area contributed by atoms with Gasteiger partial charge in [-0.25, -0.2) is 9.59 Å². The van der Waals surface area contributed by atoms with Crippen LogP contribution in [0.2, 0.25) is 0 Å². The second kappa shape index (κ2) is 5.85. The van der Waals surface area contributed by atoms with Gasteiger partial charge in [0, 0.05) is 6.54 Å². The van der Waals surface area contributed by atoms with E-state index >= 15 is 0 Å². The molecule has 0 heterocycles. The number of nitrogens with zero attached hydrogens (tertiary/aromatic N) is 1. The fraction of sp³-hybridized carbons (Fsp3) is 0.875. The third kappa shape index (κ3) is 4.11. The van der Waals surface area contributed by atoms with E-state index in [4.69, 9.17) is 4.74 Å². The highest BCUT2D eigenvalue weighted by Gasteiger charge is 2.52. The van der Waals surface area contributed by atoms with Crippen molar-refractivity contribution < 1.29 is 19.4 Å². The van der Waals surface area contributed by atoms with E-state index in [-0.39, 0.29) is 5.41 Å². The minimum Gasteiger partial charge on any atom is -0.479 e. The van der Waals surface area contributed by atoms with E-state index in [2.05, 4.69) is 13.8 Å². The Kier molecular flexibility index (Phi) is 4.96. The number of hydrogen-bond donors (Lipinski definition) is 1. The normalized spacial score (nSPS) is 25.2. The molecule has 1 aliphatic rings. The predicted octanol–water partition coefficient (Wildman–Crippen LogP) is 3.67. The van der Waals surface area contributed by atoms with Crippen molar-refractivity contribution in [1.82, 2.24) is 4.90 Å². The summed E-state index contributed by atoms with van der Waals surface area (Å²) in [4.78, 5) is 25.8. The predicted molar refractivity (Wildman–Crippen MR) is 81.2 cm³/mol. The second-order valence-corrected chi connectivity index (χ2v) is 7.76. The number of carbonyl (C=O) groups is 2. The van der Waals surface area contributed by atoms with Crippen molar-refractivity contribution in [3.8, 4) is 0 Å². The molecule has 0 aromatic heterocycles. The molecular weight excluding hydrogens is 270 g/mol. The van der Waals surface area contributed by atoms with Crippen LogP contribution < -0.4 is 0 Å². The van der Waals surface area contributed by atoms with E-state index in [1.807, 2.05) is 0 Å². The Hall–Kier alpha value is -1.26. The van der Waals surface area contributed by atoms with Crippen molar-refractivity contribution >= 4 is 12.1 Å². The summed E-state index contributed by atoms with van der Waals surface area (Å²) >= 11 is 0. The van der Waals surface area contributed by atoms with E-state index in [1.165, 1.54) is 4.90 Å². The number of rotatable bonds is 3. The maximum absolute atomic E-state index is 12.5. The topological polar surface area (TPSA) is 66.8 Å². The van der Waals surface area contributed by atoms with Gasteiger partial charge in [-0.2, -0.15) is 0 Å². The lowest BCUT2D eigenvalue weighted by atomic mass is 9.67. The Morgan fingerprint density at radius 2 is 1.81 bits per heavy atom. The summed E-state index contributed by atoms with van der Waals surface area (Å²) in [5.41, 5.74) is -1.88. The number of ether oxygens (including phenoxy) is 1.